The first-order chi connectivity index (χ1) is 25.1. The van der Waals surface area contributed by atoms with E-state index in [9.17, 15) is 34.2 Å². The molecule has 0 amide bonds. The first-order valence-electron chi connectivity index (χ1n) is 17.7. The lowest BCUT2D eigenvalue weighted by molar-refractivity contribution is -0.172. The number of carbonyl (C=O) groups excluding carboxylic acids is 3. The lowest BCUT2D eigenvalue weighted by Gasteiger charge is -2.35. The number of carboxylic acids is 1. The Bertz CT molecular complexity index is 2360. The summed E-state index contributed by atoms with van der Waals surface area (Å²) in [5, 5.41) is 21.6. The monoisotopic (exact) mass is 724 g/mol. The van der Waals surface area contributed by atoms with Crippen LogP contribution < -0.4 is 19.8 Å². The van der Waals surface area contributed by atoms with Gasteiger partial charge in [0.2, 0.25) is 5.60 Å². The van der Waals surface area contributed by atoms with Gasteiger partial charge in [-0.25, -0.2) is 14.6 Å². The fourth-order valence-corrected chi connectivity index (χ4v) is 7.70. The summed E-state index contributed by atoms with van der Waals surface area (Å²) in [5.74, 6) is -1.93. The van der Waals surface area contributed by atoms with E-state index in [1.54, 1.807) is 63.5 Å². The molecule has 13 heteroatoms. The number of rotatable bonds is 8. The number of aliphatic hydroxyl groups is 1. The van der Waals surface area contributed by atoms with Gasteiger partial charge in [-0.05, 0) is 93.5 Å². The Morgan fingerprint density at radius 3 is 2.36 bits per heavy atom. The topological polar surface area (TPSA) is 181 Å². The van der Waals surface area contributed by atoms with Crippen LogP contribution in [0.5, 0.6) is 17.2 Å². The molecule has 276 valence electrons. The summed E-state index contributed by atoms with van der Waals surface area (Å²) in [4.78, 5) is 68.8. The molecule has 3 aliphatic rings. The van der Waals surface area contributed by atoms with Gasteiger partial charge in [-0.15, -0.1) is 0 Å². The molecule has 2 aromatic heterocycles. The third-order valence-corrected chi connectivity index (χ3v) is 11.1. The maximum absolute atomic E-state index is 13.6. The largest absolute Gasteiger partial charge is 0.478 e. The van der Waals surface area contributed by atoms with Crippen LogP contribution in [0.25, 0.3) is 22.3 Å². The first kappa shape index (κ1) is 35.8. The predicted octanol–water partition coefficient (Wildman–Crippen LogP) is 5.03. The second-order valence-corrected chi connectivity index (χ2v) is 14.2. The van der Waals surface area contributed by atoms with Crippen molar-refractivity contribution in [2.24, 2.45) is 0 Å². The highest BCUT2D eigenvalue weighted by molar-refractivity contribution is 5.91. The van der Waals surface area contributed by atoms with Crippen molar-refractivity contribution < 1.29 is 48.3 Å². The van der Waals surface area contributed by atoms with Crippen LogP contribution in [0, 0.1) is 20.8 Å². The molecule has 0 unspecified atom stereocenters. The van der Waals surface area contributed by atoms with E-state index < -0.39 is 35.1 Å². The van der Waals surface area contributed by atoms with Gasteiger partial charge in [-0.3, -0.25) is 14.4 Å². The minimum absolute atomic E-state index is 0.0449. The van der Waals surface area contributed by atoms with Crippen LogP contribution in [0.4, 0.5) is 0 Å². The van der Waals surface area contributed by atoms with E-state index in [4.69, 9.17) is 23.9 Å². The highest BCUT2D eigenvalue weighted by atomic mass is 16.6. The average molecular weight is 725 g/mol. The van der Waals surface area contributed by atoms with Gasteiger partial charge in [0.1, 0.15) is 23.9 Å². The number of carboxylic acid groups (broad SMARTS) is 1. The van der Waals surface area contributed by atoms with Crippen LogP contribution in [0.1, 0.15) is 91.0 Å². The summed E-state index contributed by atoms with van der Waals surface area (Å²) in [7, 11) is 0. The van der Waals surface area contributed by atoms with Gasteiger partial charge in [-0.1, -0.05) is 13.8 Å². The zero-order chi connectivity index (χ0) is 38.1. The van der Waals surface area contributed by atoms with Crippen LogP contribution in [0.3, 0.4) is 0 Å². The molecule has 0 saturated carbocycles. The van der Waals surface area contributed by atoms with Crippen LogP contribution >= 0.6 is 0 Å². The number of cyclic esters (lactones) is 1. The number of esters is 3. The van der Waals surface area contributed by atoms with Crippen molar-refractivity contribution in [1.29, 1.82) is 0 Å². The molecule has 5 heterocycles. The number of aromatic nitrogens is 2. The van der Waals surface area contributed by atoms with Crippen LogP contribution in [-0.4, -0.2) is 49.2 Å². The third kappa shape index (κ3) is 5.65. The molecule has 0 spiro atoms. The second-order valence-electron chi connectivity index (χ2n) is 14.2. The highest BCUT2D eigenvalue weighted by Crippen LogP contribution is 2.44. The van der Waals surface area contributed by atoms with E-state index in [-0.39, 0.29) is 61.3 Å². The fourth-order valence-electron chi connectivity index (χ4n) is 7.70. The molecular formula is C40H40N2O11. The number of aryl methyl sites for hydroxylation is 1. The third-order valence-electron chi connectivity index (χ3n) is 11.1. The van der Waals surface area contributed by atoms with Gasteiger partial charge >= 0.3 is 23.9 Å². The SMILES string of the molecule is CCc1c2c(nc3ccc(OC(=O)CCC(=O)Oc4c(C)c(C)c5c(c4C)CC[C@@](C)(C(=O)O)O5)cc13)-c1cc3c(c(=O)n1C2)COC(=O)[C@]3(O)CC. The van der Waals surface area contributed by atoms with Crippen LogP contribution in [-0.2, 0) is 55.5 Å². The van der Waals surface area contributed by atoms with Gasteiger partial charge in [0.15, 0.2) is 5.60 Å². The van der Waals surface area contributed by atoms with Crippen molar-refractivity contribution >= 4 is 34.8 Å². The molecule has 0 radical (unpaired) electrons. The maximum atomic E-state index is 13.6. The van der Waals surface area contributed by atoms with Crippen molar-refractivity contribution in [1.82, 2.24) is 9.55 Å². The van der Waals surface area contributed by atoms with E-state index in [1.807, 2.05) is 6.92 Å². The molecule has 53 heavy (non-hydrogen) atoms. The molecule has 0 bridgehead atoms. The van der Waals surface area contributed by atoms with Gasteiger partial charge in [0.05, 0.1) is 41.9 Å². The lowest BCUT2D eigenvalue weighted by atomic mass is 9.86. The molecule has 7 rings (SSSR count). The number of nitrogens with zero attached hydrogens (tertiary/aromatic N) is 2. The Morgan fingerprint density at radius 2 is 1.68 bits per heavy atom. The molecule has 2 atom stereocenters. The zero-order valence-electron chi connectivity index (χ0n) is 30.4. The van der Waals surface area contributed by atoms with Gasteiger partial charge < -0.3 is 33.7 Å². The van der Waals surface area contributed by atoms with E-state index in [0.29, 0.717) is 57.9 Å². The summed E-state index contributed by atoms with van der Waals surface area (Å²) in [6, 6.07) is 6.72. The van der Waals surface area contributed by atoms with Crippen molar-refractivity contribution in [2.75, 3.05) is 0 Å². The number of benzene rings is 2. The predicted molar refractivity (Wildman–Crippen MR) is 190 cm³/mol. The number of pyridine rings is 2. The van der Waals surface area contributed by atoms with Crippen molar-refractivity contribution in [3.8, 4) is 28.6 Å². The number of hydrogen-bond acceptors (Lipinski definition) is 11. The molecule has 3 aliphatic heterocycles. The molecule has 0 saturated heterocycles. The summed E-state index contributed by atoms with van der Waals surface area (Å²) in [5.41, 5.74) is 3.13. The smallest absolute Gasteiger partial charge is 0.347 e. The summed E-state index contributed by atoms with van der Waals surface area (Å²) in [6.07, 6.45) is 0.874. The first-order valence-corrected chi connectivity index (χ1v) is 17.7. The number of carbonyl (C=O) groups is 4. The molecule has 4 aromatic rings. The minimum Gasteiger partial charge on any atom is -0.478 e. The Kier molecular flexibility index (Phi) is 8.67. The standard InChI is InChI=1S/C40H40N2O11/c1-7-23-25-15-22(9-10-29(25)41-33-26(23)17-42-30(33)16-28-27(36(42)45)18-50-38(48)40(28,49)8-2)51-31(43)11-12-32(44)52-34-19(3)20(4)35-24(21(34)5)13-14-39(6,53-35)37(46)47/h9-10,15-16,49H,7-8,11-14,17-18H2,1-6H3,(H,46,47)/t39-,40-/m0/s1. The highest BCUT2D eigenvalue weighted by Gasteiger charge is 2.46. The molecule has 13 nitrogen and oxygen atoms in total. The number of hydrogen-bond donors (Lipinski definition) is 2. The second kappa shape index (κ2) is 12.8. The Balaban J connectivity index is 1.08. The Morgan fingerprint density at radius 1 is 0.962 bits per heavy atom. The molecule has 2 N–H and O–H groups in total. The van der Waals surface area contributed by atoms with E-state index in [2.05, 4.69) is 0 Å². The van der Waals surface area contributed by atoms with E-state index in [0.717, 1.165) is 22.1 Å². The Labute approximate surface area is 304 Å². The van der Waals surface area contributed by atoms with Gasteiger partial charge in [0.25, 0.3) is 5.56 Å². The summed E-state index contributed by atoms with van der Waals surface area (Å²) >= 11 is 0. The lowest BCUT2D eigenvalue weighted by Crippen LogP contribution is -2.44. The fraction of sp³-hybridized carbons (Fsp3) is 0.400. The molecule has 0 aliphatic carbocycles. The molecule has 2 aromatic carbocycles. The van der Waals surface area contributed by atoms with Gasteiger partial charge in [0, 0.05) is 28.5 Å². The van der Waals surface area contributed by atoms with E-state index >= 15 is 0 Å². The number of fused-ring (bicyclic) bond motifs is 6. The molecule has 0 fully saturated rings. The van der Waals surface area contributed by atoms with Gasteiger partial charge in [-0.2, -0.15) is 0 Å². The number of aliphatic carboxylic acids is 1. The Hall–Kier alpha value is -5.56. The van der Waals surface area contributed by atoms with Crippen LogP contribution in [0.15, 0.2) is 29.1 Å². The molecular weight excluding hydrogens is 684 g/mol. The van der Waals surface area contributed by atoms with Crippen molar-refractivity contribution in [3.63, 3.8) is 0 Å². The van der Waals surface area contributed by atoms with E-state index in [1.165, 1.54) is 0 Å². The van der Waals surface area contributed by atoms with Crippen molar-refractivity contribution in [3.05, 3.63) is 79.1 Å². The summed E-state index contributed by atoms with van der Waals surface area (Å²) < 4.78 is 24.1. The maximum Gasteiger partial charge on any atom is 0.347 e. The normalized spacial score (nSPS) is 19.7. The summed E-state index contributed by atoms with van der Waals surface area (Å²) in [6.45, 7) is 10.6. The minimum atomic E-state index is -1.92. The average Bonchev–Trinajstić information content (AvgIpc) is 3.50. The zero-order valence-corrected chi connectivity index (χ0v) is 30.4. The quantitative estimate of drug-likeness (QED) is 0.161. The number of ether oxygens (including phenoxy) is 4. The van der Waals surface area contributed by atoms with Crippen LogP contribution in [0.2, 0.25) is 0 Å². The van der Waals surface area contributed by atoms with Crippen molar-refractivity contribution in [2.45, 2.75) is 104 Å².